The minimum Gasteiger partial charge on any atom is -0.350 e. The van der Waals surface area contributed by atoms with Crippen LogP contribution in [0.3, 0.4) is 0 Å². The highest BCUT2D eigenvalue weighted by Crippen LogP contribution is 2.42. The summed E-state index contributed by atoms with van der Waals surface area (Å²) in [7, 11) is 0. The lowest BCUT2D eigenvalue weighted by Crippen LogP contribution is -2.37. The van der Waals surface area contributed by atoms with E-state index in [-0.39, 0.29) is 50.6 Å². The number of alkyl halides is 6. The van der Waals surface area contributed by atoms with Gasteiger partial charge in [-0.2, -0.15) is 27.1 Å². The SMILES string of the molecule is CC1=CC(Cl)CC(C(=O)NC(C)C)=C1NC(=O)c1cc(Cn2nnnc2C(F)(F)C(F)(F)F)nn1-c1ncccc1Cl. The lowest BCUT2D eigenvalue weighted by Gasteiger charge is -2.23. The summed E-state index contributed by atoms with van der Waals surface area (Å²) in [4.78, 5) is 30.6. The molecule has 1 unspecified atom stereocenters. The second-order valence-electron chi connectivity index (χ2n) is 9.48. The fourth-order valence-corrected chi connectivity index (χ4v) is 4.58. The van der Waals surface area contributed by atoms with Gasteiger partial charge in [0.25, 0.3) is 5.91 Å². The van der Waals surface area contributed by atoms with Gasteiger partial charge in [0.2, 0.25) is 11.7 Å². The van der Waals surface area contributed by atoms with Crippen molar-refractivity contribution in [3.8, 4) is 5.82 Å². The molecular weight excluding hydrogens is 612 g/mol. The van der Waals surface area contributed by atoms with Gasteiger partial charge in [-0.25, -0.2) is 14.3 Å². The van der Waals surface area contributed by atoms with Crippen LogP contribution in [-0.2, 0) is 17.3 Å². The summed E-state index contributed by atoms with van der Waals surface area (Å²) in [5, 5.41) is 18.2. The lowest BCUT2D eigenvalue weighted by molar-refractivity contribution is -0.293. The maximum Gasteiger partial charge on any atom is 0.461 e. The van der Waals surface area contributed by atoms with Crippen LogP contribution in [0.1, 0.15) is 49.2 Å². The second-order valence-corrected chi connectivity index (χ2v) is 10.4. The number of hydrogen-bond acceptors (Lipinski definition) is 7. The van der Waals surface area contributed by atoms with E-state index in [1.807, 2.05) is 0 Å². The number of carbonyl (C=O) groups excluding carboxylic acids is 2. The molecule has 0 saturated heterocycles. The molecular formula is C24H22Cl2F5N9O2. The quantitative estimate of drug-likeness (QED) is 0.282. The first kappa shape index (κ1) is 31.0. The molecule has 2 amide bonds. The maximum atomic E-state index is 14.0. The highest BCUT2D eigenvalue weighted by atomic mass is 35.5. The fourth-order valence-electron chi connectivity index (χ4n) is 4.04. The van der Waals surface area contributed by atoms with Crippen molar-refractivity contribution in [2.75, 3.05) is 0 Å². The topological polar surface area (TPSA) is 133 Å². The Bertz CT molecular complexity index is 1580. The van der Waals surface area contributed by atoms with Crippen LogP contribution in [0.5, 0.6) is 0 Å². The van der Waals surface area contributed by atoms with Crippen molar-refractivity contribution in [1.29, 1.82) is 0 Å². The third kappa shape index (κ3) is 6.28. The lowest BCUT2D eigenvalue weighted by atomic mass is 9.95. The van der Waals surface area contributed by atoms with Crippen molar-refractivity contribution in [1.82, 2.24) is 45.6 Å². The van der Waals surface area contributed by atoms with Crippen molar-refractivity contribution in [3.05, 3.63) is 69.6 Å². The first-order valence-corrected chi connectivity index (χ1v) is 13.0. The summed E-state index contributed by atoms with van der Waals surface area (Å²) in [5.41, 5.74) is 0.478. The first-order chi connectivity index (χ1) is 19.6. The normalized spacial score (nSPS) is 16.1. The Balaban J connectivity index is 1.76. The molecule has 3 aromatic rings. The van der Waals surface area contributed by atoms with Gasteiger partial charge in [-0.15, -0.1) is 16.7 Å². The maximum absolute atomic E-state index is 14.0. The summed E-state index contributed by atoms with van der Waals surface area (Å²) in [6.07, 6.45) is -2.86. The van der Waals surface area contributed by atoms with Gasteiger partial charge in [0.05, 0.1) is 28.3 Å². The molecule has 3 aromatic heterocycles. The molecule has 0 spiro atoms. The van der Waals surface area contributed by atoms with Crippen molar-refractivity contribution >= 4 is 35.0 Å². The number of pyridine rings is 1. The first-order valence-electron chi connectivity index (χ1n) is 12.2. The van der Waals surface area contributed by atoms with Crippen molar-refractivity contribution < 1.29 is 31.5 Å². The van der Waals surface area contributed by atoms with E-state index < -0.39 is 41.7 Å². The molecule has 0 radical (unpaired) electrons. The van der Waals surface area contributed by atoms with Crippen LogP contribution < -0.4 is 10.6 Å². The zero-order valence-corrected chi connectivity index (χ0v) is 23.6. The average Bonchev–Trinajstić information content (AvgIpc) is 3.52. The van der Waals surface area contributed by atoms with E-state index >= 15 is 0 Å². The van der Waals surface area contributed by atoms with Crippen molar-refractivity contribution in [2.24, 2.45) is 0 Å². The number of allylic oxidation sites excluding steroid dienone is 2. The molecule has 1 aliphatic rings. The molecule has 4 rings (SSSR count). The van der Waals surface area contributed by atoms with E-state index in [4.69, 9.17) is 23.2 Å². The number of nitrogens with one attached hydrogen (secondary N) is 2. The zero-order chi connectivity index (χ0) is 31.0. The summed E-state index contributed by atoms with van der Waals surface area (Å²) < 4.78 is 68.3. The Morgan fingerprint density at radius 3 is 2.55 bits per heavy atom. The van der Waals surface area contributed by atoms with Gasteiger partial charge >= 0.3 is 12.1 Å². The van der Waals surface area contributed by atoms with Gasteiger partial charge in [0.15, 0.2) is 5.82 Å². The molecule has 0 aliphatic heterocycles. The Morgan fingerprint density at radius 1 is 1.19 bits per heavy atom. The van der Waals surface area contributed by atoms with Gasteiger partial charge in [-0.1, -0.05) is 17.7 Å². The Labute approximate surface area is 244 Å². The standard InChI is InChI=1S/C24H22Cl2F5N9O2/c1-11(2)33-20(41)15-8-13(25)7-12(3)18(15)34-21(42)17-9-14(36-40(17)19-16(26)5-4-6-32-19)10-39-22(35-37-38-39)23(27,28)24(29,30)31/h4-7,9,11,13H,8,10H2,1-3H3,(H,33,41)(H,34,42). The number of nitrogens with zero attached hydrogens (tertiary/aromatic N) is 7. The van der Waals surface area contributed by atoms with Crippen LogP contribution in [0.25, 0.3) is 5.82 Å². The number of rotatable bonds is 8. The third-order valence-corrected chi connectivity index (χ3v) is 6.45. The van der Waals surface area contributed by atoms with Gasteiger partial charge < -0.3 is 10.6 Å². The van der Waals surface area contributed by atoms with Gasteiger partial charge in [-0.05, 0) is 61.4 Å². The second kappa shape index (κ2) is 11.8. The summed E-state index contributed by atoms with van der Waals surface area (Å²) in [6.45, 7) is 4.39. The highest BCUT2D eigenvalue weighted by molar-refractivity contribution is 6.32. The van der Waals surface area contributed by atoms with Crippen LogP contribution in [0.2, 0.25) is 5.02 Å². The fraction of sp³-hybridized carbons (Fsp3) is 0.375. The van der Waals surface area contributed by atoms with Crippen LogP contribution in [0.15, 0.2) is 47.3 Å². The number of hydrogen-bond donors (Lipinski definition) is 2. The van der Waals surface area contributed by atoms with Gasteiger partial charge in [0, 0.05) is 17.8 Å². The number of aromatic nitrogens is 7. The monoisotopic (exact) mass is 633 g/mol. The predicted octanol–water partition coefficient (Wildman–Crippen LogP) is 4.08. The minimum atomic E-state index is -5.97. The molecule has 0 fully saturated rings. The summed E-state index contributed by atoms with van der Waals surface area (Å²) in [6, 6.07) is 3.87. The minimum absolute atomic E-state index is 0.0443. The zero-order valence-electron chi connectivity index (χ0n) is 22.0. The molecule has 0 bridgehead atoms. The van der Waals surface area contributed by atoms with Crippen molar-refractivity contribution in [2.45, 2.75) is 57.3 Å². The molecule has 42 heavy (non-hydrogen) atoms. The Morgan fingerprint density at radius 2 is 1.90 bits per heavy atom. The number of halogens is 7. The summed E-state index contributed by atoms with van der Waals surface area (Å²) >= 11 is 12.6. The predicted molar refractivity (Wildman–Crippen MR) is 139 cm³/mol. The van der Waals surface area contributed by atoms with E-state index in [0.717, 1.165) is 10.7 Å². The third-order valence-electron chi connectivity index (χ3n) is 5.87. The van der Waals surface area contributed by atoms with E-state index in [0.29, 0.717) is 5.57 Å². The molecule has 1 atom stereocenters. The molecule has 224 valence electrons. The van der Waals surface area contributed by atoms with Gasteiger partial charge in [-0.3, -0.25) is 9.59 Å². The van der Waals surface area contributed by atoms with Gasteiger partial charge in [0.1, 0.15) is 5.69 Å². The van der Waals surface area contributed by atoms with Crippen LogP contribution >= 0.6 is 23.2 Å². The van der Waals surface area contributed by atoms with Crippen LogP contribution in [0, 0.1) is 0 Å². The molecule has 2 N–H and O–H groups in total. The largest absolute Gasteiger partial charge is 0.461 e. The van der Waals surface area contributed by atoms with E-state index in [1.165, 1.54) is 18.3 Å². The van der Waals surface area contributed by atoms with Crippen LogP contribution in [0.4, 0.5) is 22.0 Å². The smallest absolute Gasteiger partial charge is 0.350 e. The molecule has 1 aliphatic carbocycles. The number of carbonyl (C=O) groups is 2. The summed E-state index contributed by atoms with van der Waals surface area (Å²) in [5.74, 6) is -8.45. The molecule has 0 aromatic carbocycles. The highest BCUT2D eigenvalue weighted by Gasteiger charge is 2.62. The average molecular weight is 634 g/mol. The molecule has 0 saturated carbocycles. The number of amides is 2. The van der Waals surface area contributed by atoms with Crippen molar-refractivity contribution in [3.63, 3.8) is 0 Å². The molecule has 3 heterocycles. The molecule has 18 heteroatoms. The Kier molecular flexibility index (Phi) is 8.68. The number of tetrazole rings is 1. The Hall–Kier alpha value is -3.92. The van der Waals surface area contributed by atoms with E-state index in [1.54, 1.807) is 26.8 Å². The molecule has 11 nitrogen and oxygen atoms in total. The van der Waals surface area contributed by atoms with E-state index in [9.17, 15) is 31.5 Å². The van der Waals surface area contributed by atoms with Crippen LogP contribution in [-0.4, -0.2) is 64.4 Å². The van der Waals surface area contributed by atoms with E-state index in [2.05, 4.69) is 36.2 Å².